The standard InChI is InChI=1S/C15H20BrN3O2/c1-15(2,7-8-20)10-17-9-13-18-19-14(21-13)11-5-3-4-6-12(11)16/h3-6,17,20H,7-10H2,1-2H3. The molecule has 6 heteroatoms. The van der Waals surface area contributed by atoms with Crippen LogP contribution in [0.15, 0.2) is 33.2 Å². The van der Waals surface area contributed by atoms with Crippen LogP contribution in [0.3, 0.4) is 0 Å². The minimum Gasteiger partial charge on any atom is -0.419 e. The molecule has 0 unspecified atom stereocenters. The molecule has 0 saturated carbocycles. The van der Waals surface area contributed by atoms with Gasteiger partial charge in [0.15, 0.2) is 0 Å². The van der Waals surface area contributed by atoms with E-state index in [2.05, 4.69) is 45.3 Å². The molecule has 0 saturated heterocycles. The van der Waals surface area contributed by atoms with Crippen LogP contribution < -0.4 is 5.32 Å². The lowest BCUT2D eigenvalue weighted by Gasteiger charge is -2.23. The Morgan fingerprint density at radius 2 is 2.05 bits per heavy atom. The predicted octanol–water partition coefficient (Wildman–Crippen LogP) is 3.00. The molecule has 2 rings (SSSR count). The highest BCUT2D eigenvalue weighted by molar-refractivity contribution is 9.10. The maximum atomic E-state index is 9.00. The van der Waals surface area contributed by atoms with Gasteiger partial charge in [-0.2, -0.15) is 0 Å². The van der Waals surface area contributed by atoms with Crippen molar-refractivity contribution >= 4 is 15.9 Å². The molecule has 114 valence electrons. The fourth-order valence-corrected chi connectivity index (χ4v) is 2.42. The van der Waals surface area contributed by atoms with Crippen LogP contribution in [-0.4, -0.2) is 28.5 Å². The van der Waals surface area contributed by atoms with E-state index >= 15 is 0 Å². The van der Waals surface area contributed by atoms with Crippen molar-refractivity contribution < 1.29 is 9.52 Å². The van der Waals surface area contributed by atoms with Crippen LogP contribution in [0.4, 0.5) is 0 Å². The first-order chi connectivity index (χ1) is 10.0. The van der Waals surface area contributed by atoms with E-state index in [1.54, 1.807) is 0 Å². The zero-order valence-corrected chi connectivity index (χ0v) is 13.9. The van der Waals surface area contributed by atoms with E-state index in [1.165, 1.54) is 0 Å². The molecule has 1 aromatic heterocycles. The highest BCUT2D eigenvalue weighted by atomic mass is 79.9. The first-order valence-electron chi connectivity index (χ1n) is 6.91. The summed E-state index contributed by atoms with van der Waals surface area (Å²) in [6.45, 7) is 5.71. The summed E-state index contributed by atoms with van der Waals surface area (Å²) in [5, 5.41) is 20.4. The summed E-state index contributed by atoms with van der Waals surface area (Å²) in [7, 11) is 0. The monoisotopic (exact) mass is 353 g/mol. The van der Waals surface area contributed by atoms with Gasteiger partial charge in [-0.15, -0.1) is 10.2 Å². The summed E-state index contributed by atoms with van der Waals surface area (Å²) in [5.74, 6) is 1.06. The molecular formula is C15H20BrN3O2. The Hall–Kier alpha value is -1.24. The summed E-state index contributed by atoms with van der Waals surface area (Å²) in [5.41, 5.74) is 0.928. The van der Waals surface area contributed by atoms with E-state index in [0.29, 0.717) is 18.3 Å². The normalized spacial score (nSPS) is 11.8. The van der Waals surface area contributed by atoms with Gasteiger partial charge in [-0.25, -0.2) is 0 Å². The van der Waals surface area contributed by atoms with Crippen molar-refractivity contribution in [2.75, 3.05) is 13.2 Å². The summed E-state index contributed by atoms with van der Waals surface area (Å²) >= 11 is 3.47. The molecule has 0 bridgehead atoms. The lowest BCUT2D eigenvalue weighted by atomic mass is 9.90. The Labute approximate surface area is 132 Å². The highest BCUT2D eigenvalue weighted by Crippen LogP contribution is 2.26. The average Bonchev–Trinajstić information content (AvgIpc) is 2.87. The van der Waals surface area contributed by atoms with Gasteiger partial charge in [-0.3, -0.25) is 0 Å². The molecule has 21 heavy (non-hydrogen) atoms. The Balaban J connectivity index is 1.94. The van der Waals surface area contributed by atoms with Gasteiger partial charge in [0.25, 0.3) is 0 Å². The molecule has 0 fully saturated rings. The number of aliphatic hydroxyl groups excluding tert-OH is 1. The second-order valence-corrected chi connectivity index (χ2v) is 6.58. The lowest BCUT2D eigenvalue weighted by Crippen LogP contribution is -2.30. The number of aliphatic hydroxyl groups is 1. The molecule has 2 N–H and O–H groups in total. The minimum atomic E-state index is 0.0417. The van der Waals surface area contributed by atoms with Gasteiger partial charge in [-0.1, -0.05) is 26.0 Å². The van der Waals surface area contributed by atoms with E-state index < -0.39 is 0 Å². The maximum absolute atomic E-state index is 9.00. The van der Waals surface area contributed by atoms with Crippen molar-refractivity contribution in [1.29, 1.82) is 0 Å². The molecule has 0 radical (unpaired) electrons. The first kappa shape index (κ1) is 16.1. The molecule has 2 aromatic rings. The third kappa shape index (κ3) is 4.62. The minimum absolute atomic E-state index is 0.0417. The fourth-order valence-electron chi connectivity index (χ4n) is 1.97. The summed E-state index contributed by atoms with van der Waals surface area (Å²) in [4.78, 5) is 0. The number of nitrogens with zero attached hydrogens (tertiary/aromatic N) is 2. The van der Waals surface area contributed by atoms with Crippen LogP contribution in [-0.2, 0) is 6.54 Å². The molecule has 5 nitrogen and oxygen atoms in total. The largest absolute Gasteiger partial charge is 0.419 e. The molecule has 1 heterocycles. The van der Waals surface area contributed by atoms with E-state index in [0.717, 1.165) is 23.0 Å². The quantitative estimate of drug-likeness (QED) is 0.800. The number of benzene rings is 1. The Morgan fingerprint density at radius 3 is 2.76 bits per heavy atom. The van der Waals surface area contributed by atoms with Gasteiger partial charge in [0.1, 0.15) is 0 Å². The SMILES string of the molecule is CC(C)(CCO)CNCc1nnc(-c2ccccc2Br)o1. The third-order valence-corrected chi connectivity index (χ3v) is 3.93. The molecule has 0 spiro atoms. The van der Waals surface area contributed by atoms with Crippen LogP contribution in [0.1, 0.15) is 26.2 Å². The van der Waals surface area contributed by atoms with Crippen LogP contribution in [0.2, 0.25) is 0 Å². The topological polar surface area (TPSA) is 71.2 Å². The van der Waals surface area contributed by atoms with Gasteiger partial charge >= 0.3 is 0 Å². The van der Waals surface area contributed by atoms with Gasteiger partial charge in [0.05, 0.1) is 12.1 Å². The molecule has 0 aliphatic carbocycles. The third-order valence-electron chi connectivity index (χ3n) is 3.24. The number of aromatic nitrogens is 2. The predicted molar refractivity (Wildman–Crippen MR) is 84.6 cm³/mol. The van der Waals surface area contributed by atoms with E-state index in [-0.39, 0.29) is 12.0 Å². The second kappa shape index (κ2) is 7.15. The Morgan fingerprint density at radius 1 is 1.29 bits per heavy atom. The van der Waals surface area contributed by atoms with Crippen molar-refractivity contribution in [2.24, 2.45) is 5.41 Å². The van der Waals surface area contributed by atoms with E-state index in [1.807, 2.05) is 24.3 Å². The fraction of sp³-hybridized carbons (Fsp3) is 0.467. The van der Waals surface area contributed by atoms with Gasteiger partial charge < -0.3 is 14.8 Å². The molecule has 0 aliphatic heterocycles. The van der Waals surface area contributed by atoms with Crippen LogP contribution in [0.5, 0.6) is 0 Å². The highest BCUT2D eigenvalue weighted by Gasteiger charge is 2.17. The van der Waals surface area contributed by atoms with Gasteiger partial charge in [0, 0.05) is 17.6 Å². The van der Waals surface area contributed by atoms with E-state index in [9.17, 15) is 0 Å². The summed E-state index contributed by atoms with van der Waals surface area (Å²) in [6.07, 6.45) is 0.756. The summed E-state index contributed by atoms with van der Waals surface area (Å²) in [6, 6.07) is 7.74. The second-order valence-electron chi connectivity index (χ2n) is 5.72. The molecule has 0 aliphatic rings. The zero-order valence-electron chi connectivity index (χ0n) is 12.3. The van der Waals surface area contributed by atoms with Crippen molar-refractivity contribution in [3.8, 4) is 11.5 Å². The van der Waals surface area contributed by atoms with Crippen molar-refractivity contribution in [3.63, 3.8) is 0 Å². The number of hydrogen-bond donors (Lipinski definition) is 2. The maximum Gasteiger partial charge on any atom is 0.248 e. The number of rotatable bonds is 7. The van der Waals surface area contributed by atoms with Gasteiger partial charge in [0.2, 0.25) is 11.8 Å². The van der Waals surface area contributed by atoms with Crippen LogP contribution >= 0.6 is 15.9 Å². The zero-order chi connectivity index (χ0) is 15.3. The Kier molecular flexibility index (Phi) is 5.50. The average molecular weight is 354 g/mol. The molecular weight excluding hydrogens is 334 g/mol. The molecule has 0 atom stereocenters. The van der Waals surface area contributed by atoms with Crippen LogP contribution in [0.25, 0.3) is 11.5 Å². The number of halogens is 1. The lowest BCUT2D eigenvalue weighted by molar-refractivity contribution is 0.206. The first-order valence-corrected chi connectivity index (χ1v) is 7.70. The summed E-state index contributed by atoms with van der Waals surface area (Å²) < 4.78 is 6.59. The van der Waals surface area contributed by atoms with Crippen molar-refractivity contribution in [2.45, 2.75) is 26.8 Å². The van der Waals surface area contributed by atoms with E-state index in [4.69, 9.17) is 9.52 Å². The van der Waals surface area contributed by atoms with Gasteiger partial charge in [-0.05, 0) is 39.9 Å². The number of nitrogens with one attached hydrogen (secondary N) is 1. The van der Waals surface area contributed by atoms with Crippen molar-refractivity contribution in [3.05, 3.63) is 34.6 Å². The smallest absolute Gasteiger partial charge is 0.248 e. The Bertz CT molecular complexity index is 584. The van der Waals surface area contributed by atoms with Crippen LogP contribution in [0, 0.1) is 5.41 Å². The number of hydrogen-bond acceptors (Lipinski definition) is 5. The molecule has 1 aromatic carbocycles. The molecule has 0 amide bonds. The van der Waals surface area contributed by atoms with Crippen molar-refractivity contribution in [1.82, 2.24) is 15.5 Å².